The minimum atomic E-state index is -0.186. The molecule has 0 spiro atoms. The average Bonchev–Trinajstić information content (AvgIpc) is 2.07. The standard InChI is InChI=1S/C9H7ClN/c10-9(6-7-11)8-4-2-1-3-5-8/h2-5,9H,6H2. The Kier molecular flexibility index (Phi) is 2.95. The normalized spacial score (nSPS) is 12.0. The second-order valence-electron chi connectivity index (χ2n) is 2.16. The lowest BCUT2D eigenvalue weighted by molar-refractivity contribution is 0.966. The predicted octanol–water partition coefficient (Wildman–Crippen LogP) is 2.68. The highest BCUT2D eigenvalue weighted by Crippen LogP contribution is 2.22. The van der Waals surface area contributed by atoms with E-state index < -0.39 is 0 Å². The number of nitriles is 1. The summed E-state index contributed by atoms with van der Waals surface area (Å²) in [6.07, 6.45) is 0.353. The van der Waals surface area contributed by atoms with Gasteiger partial charge in [-0.1, -0.05) is 24.3 Å². The Labute approximate surface area is 71.2 Å². The molecule has 11 heavy (non-hydrogen) atoms. The van der Waals surface area contributed by atoms with Gasteiger partial charge in [0.05, 0.1) is 17.9 Å². The van der Waals surface area contributed by atoms with Crippen molar-refractivity contribution in [2.45, 2.75) is 11.8 Å². The van der Waals surface area contributed by atoms with Gasteiger partial charge in [-0.2, -0.15) is 5.26 Å². The molecule has 0 saturated heterocycles. The third-order valence-corrected chi connectivity index (χ3v) is 1.78. The molecule has 0 saturated carbocycles. The van der Waals surface area contributed by atoms with Crippen molar-refractivity contribution in [2.75, 3.05) is 0 Å². The largest absolute Gasteiger partial charge is 0.198 e. The number of benzene rings is 1. The van der Waals surface area contributed by atoms with E-state index in [1.165, 1.54) is 0 Å². The first-order valence-electron chi connectivity index (χ1n) is 3.31. The highest BCUT2D eigenvalue weighted by Gasteiger charge is 2.04. The van der Waals surface area contributed by atoms with Crippen molar-refractivity contribution in [3.05, 3.63) is 35.9 Å². The van der Waals surface area contributed by atoms with Crippen LogP contribution < -0.4 is 0 Å². The first kappa shape index (κ1) is 8.10. The lowest BCUT2D eigenvalue weighted by Crippen LogP contribution is -1.86. The molecule has 55 valence electrons. The molecule has 0 aromatic heterocycles. The van der Waals surface area contributed by atoms with E-state index in [0.717, 1.165) is 5.56 Å². The number of hydrogen-bond donors (Lipinski definition) is 0. The molecular weight excluding hydrogens is 158 g/mol. The van der Waals surface area contributed by atoms with Crippen LogP contribution in [0.5, 0.6) is 0 Å². The summed E-state index contributed by atoms with van der Waals surface area (Å²) < 4.78 is 0. The Morgan fingerprint density at radius 3 is 2.73 bits per heavy atom. The molecule has 0 amide bonds. The van der Waals surface area contributed by atoms with E-state index in [1.54, 1.807) is 12.1 Å². The fraction of sp³-hybridized carbons (Fsp3) is 0.222. The predicted molar refractivity (Wildman–Crippen MR) is 44.1 cm³/mol. The molecule has 1 nitrogen and oxygen atoms in total. The maximum Gasteiger partial charge on any atom is 0.0715 e. The van der Waals surface area contributed by atoms with Crippen molar-refractivity contribution in [3.8, 4) is 6.07 Å². The van der Waals surface area contributed by atoms with E-state index in [9.17, 15) is 0 Å². The van der Waals surface area contributed by atoms with Crippen molar-refractivity contribution in [2.24, 2.45) is 0 Å². The molecule has 0 aliphatic carbocycles. The monoisotopic (exact) mass is 164 g/mol. The van der Waals surface area contributed by atoms with Gasteiger partial charge in [0.25, 0.3) is 0 Å². The zero-order chi connectivity index (χ0) is 8.10. The molecule has 2 heteroatoms. The lowest BCUT2D eigenvalue weighted by Gasteiger charge is -2.02. The van der Waals surface area contributed by atoms with Gasteiger partial charge in [-0.25, -0.2) is 0 Å². The molecule has 1 aromatic carbocycles. The van der Waals surface area contributed by atoms with Gasteiger partial charge in [-0.3, -0.25) is 0 Å². The van der Waals surface area contributed by atoms with Crippen LogP contribution in [0.15, 0.2) is 24.3 Å². The van der Waals surface area contributed by atoms with Crippen LogP contribution in [0, 0.1) is 17.4 Å². The molecule has 0 bridgehead atoms. The Morgan fingerprint density at radius 2 is 2.18 bits per heavy atom. The van der Waals surface area contributed by atoms with E-state index in [4.69, 9.17) is 16.9 Å². The molecule has 1 unspecified atom stereocenters. The summed E-state index contributed by atoms with van der Waals surface area (Å²) in [5.74, 6) is 0. The Morgan fingerprint density at radius 1 is 1.55 bits per heavy atom. The number of nitrogens with zero attached hydrogens (tertiary/aromatic N) is 1. The summed E-state index contributed by atoms with van der Waals surface area (Å²) in [6, 6.07) is 12.2. The van der Waals surface area contributed by atoms with Gasteiger partial charge >= 0.3 is 0 Å². The molecule has 1 radical (unpaired) electrons. The summed E-state index contributed by atoms with van der Waals surface area (Å²) in [6.45, 7) is 0. The molecular formula is C9H7ClN. The van der Waals surface area contributed by atoms with Crippen molar-refractivity contribution in [3.63, 3.8) is 0 Å². The van der Waals surface area contributed by atoms with Crippen molar-refractivity contribution < 1.29 is 0 Å². The van der Waals surface area contributed by atoms with Gasteiger partial charge in [0, 0.05) is 0 Å². The van der Waals surface area contributed by atoms with Crippen LogP contribution in [0.2, 0.25) is 0 Å². The van der Waals surface area contributed by atoms with Crippen LogP contribution in [0.1, 0.15) is 17.4 Å². The third kappa shape index (κ3) is 2.25. The maximum absolute atomic E-state index is 8.36. The Bertz CT molecular complexity index is 250. The highest BCUT2D eigenvalue weighted by atomic mass is 35.5. The second kappa shape index (κ2) is 4.00. The van der Waals surface area contributed by atoms with Crippen LogP contribution in [0.4, 0.5) is 0 Å². The molecule has 0 N–H and O–H groups in total. The zero-order valence-electron chi connectivity index (χ0n) is 5.92. The lowest BCUT2D eigenvalue weighted by atomic mass is 10.1. The van der Waals surface area contributed by atoms with Crippen LogP contribution >= 0.6 is 11.6 Å². The second-order valence-corrected chi connectivity index (χ2v) is 2.69. The molecule has 0 aliphatic rings. The number of halogens is 1. The number of alkyl halides is 1. The first-order chi connectivity index (χ1) is 5.34. The van der Waals surface area contributed by atoms with E-state index in [-0.39, 0.29) is 5.38 Å². The maximum atomic E-state index is 8.36. The van der Waals surface area contributed by atoms with Gasteiger partial charge < -0.3 is 0 Å². The summed E-state index contributed by atoms with van der Waals surface area (Å²) in [7, 11) is 0. The van der Waals surface area contributed by atoms with Gasteiger partial charge in [-0.15, -0.1) is 11.6 Å². The van der Waals surface area contributed by atoms with E-state index >= 15 is 0 Å². The minimum Gasteiger partial charge on any atom is -0.198 e. The molecule has 0 aliphatic heterocycles. The van der Waals surface area contributed by atoms with Crippen molar-refractivity contribution in [1.82, 2.24) is 0 Å². The van der Waals surface area contributed by atoms with Gasteiger partial charge in [0.1, 0.15) is 0 Å². The zero-order valence-corrected chi connectivity index (χ0v) is 6.67. The quantitative estimate of drug-likeness (QED) is 0.617. The third-order valence-electron chi connectivity index (χ3n) is 1.38. The van der Waals surface area contributed by atoms with Gasteiger partial charge in [0.15, 0.2) is 0 Å². The average molecular weight is 165 g/mol. The van der Waals surface area contributed by atoms with Crippen molar-refractivity contribution in [1.29, 1.82) is 5.26 Å². The summed E-state index contributed by atoms with van der Waals surface area (Å²) in [4.78, 5) is 0. The number of rotatable bonds is 2. The molecule has 1 aromatic rings. The fourth-order valence-corrected chi connectivity index (χ4v) is 1.02. The summed E-state index contributed by atoms with van der Waals surface area (Å²) >= 11 is 5.87. The first-order valence-corrected chi connectivity index (χ1v) is 3.75. The molecule has 0 fully saturated rings. The topological polar surface area (TPSA) is 23.8 Å². The smallest absolute Gasteiger partial charge is 0.0715 e. The van der Waals surface area contributed by atoms with Gasteiger partial charge in [-0.05, 0) is 11.6 Å². The summed E-state index contributed by atoms with van der Waals surface area (Å²) in [5.41, 5.74) is 0.979. The Hall–Kier alpha value is -1.00. The van der Waals surface area contributed by atoms with Crippen LogP contribution in [-0.4, -0.2) is 0 Å². The van der Waals surface area contributed by atoms with E-state index in [1.807, 2.05) is 18.2 Å². The summed E-state index contributed by atoms with van der Waals surface area (Å²) in [5, 5.41) is 8.17. The van der Waals surface area contributed by atoms with E-state index in [0.29, 0.717) is 6.42 Å². The molecule has 1 rings (SSSR count). The minimum absolute atomic E-state index is 0.186. The fourth-order valence-electron chi connectivity index (χ4n) is 0.807. The Balaban J connectivity index is 2.70. The SMILES string of the molecule is N#CCC(Cl)c1cc[c]cc1. The highest BCUT2D eigenvalue weighted by molar-refractivity contribution is 6.20. The molecule has 0 heterocycles. The van der Waals surface area contributed by atoms with Crippen molar-refractivity contribution >= 4 is 11.6 Å². The van der Waals surface area contributed by atoms with Crippen LogP contribution in [-0.2, 0) is 0 Å². The molecule has 1 atom stereocenters. The van der Waals surface area contributed by atoms with Crippen LogP contribution in [0.3, 0.4) is 0 Å². The number of hydrogen-bond acceptors (Lipinski definition) is 1. The van der Waals surface area contributed by atoms with Gasteiger partial charge in [0.2, 0.25) is 0 Å². The van der Waals surface area contributed by atoms with E-state index in [2.05, 4.69) is 6.07 Å². The van der Waals surface area contributed by atoms with Crippen LogP contribution in [0.25, 0.3) is 0 Å².